The summed E-state index contributed by atoms with van der Waals surface area (Å²) in [5, 5.41) is 5.87. The van der Waals surface area contributed by atoms with Crippen LogP contribution in [0, 0.1) is 5.92 Å². The van der Waals surface area contributed by atoms with E-state index in [9.17, 15) is 4.79 Å². The van der Waals surface area contributed by atoms with E-state index in [4.69, 9.17) is 0 Å². The number of hydrogen-bond donors (Lipinski definition) is 2. The maximum atomic E-state index is 11.3. The minimum atomic E-state index is -0.0466. The van der Waals surface area contributed by atoms with Gasteiger partial charge in [-0.3, -0.25) is 4.79 Å². The van der Waals surface area contributed by atoms with Gasteiger partial charge in [-0.2, -0.15) is 0 Å². The van der Waals surface area contributed by atoms with Gasteiger partial charge < -0.3 is 10.6 Å². The van der Waals surface area contributed by atoms with Crippen LogP contribution < -0.4 is 10.6 Å². The lowest BCUT2D eigenvalue weighted by molar-refractivity contribution is -0.117. The zero-order valence-electron chi connectivity index (χ0n) is 8.81. The summed E-state index contributed by atoms with van der Waals surface area (Å²) in [6.07, 6.45) is 0. The molecule has 0 bridgehead atoms. The first-order valence-corrected chi connectivity index (χ1v) is 4.74. The molecule has 0 saturated heterocycles. The van der Waals surface area contributed by atoms with Crippen molar-refractivity contribution < 1.29 is 4.79 Å². The van der Waals surface area contributed by atoms with E-state index in [1.165, 1.54) is 0 Å². The maximum absolute atomic E-state index is 11.3. The Hall–Kier alpha value is -0.830. The third-order valence-corrected chi connectivity index (χ3v) is 1.58. The van der Waals surface area contributed by atoms with Gasteiger partial charge in [0, 0.05) is 18.7 Å². The molecule has 0 rings (SSSR count). The number of hydrogen-bond acceptors (Lipinski definition) is 2. The zero-order valence-corrected chi connectivity index (χ0v) is 8.81. The fourth-order valence-corrected chi connectivity index (χ4v) is 0.778. The molecule has 3 nitrogen and oxygen atoms in total. The Kier molecular flexibility index (Phi) is 6.24. The Bertz CT molecular complexity index is 176. The summed E-state index contributed by atoms with van der Waals surface area (Å²) >= 11 is 0. The third-order valence-electron chi connectivity index (χ3n) is 1.58. The molecule has 0 heterocycles. The molecule has 0 aromatic carbocycles. The van der Waals surface area contributed by atoms with Gasteiger partial charge >= 0.3 is 0 Å². The van der Waals surface area contributed by atoms with E-state index in [0.29, 0.717) is 24.6 Å². The van der Waals surface area contributed by atoms with Crippen molar-refractivity contribution in [3.05, 3.63) is 12.2 Å². The van der Waals surface area contributed by atoms with Crippen molar-refractivity contribution >= 4 is 5.91 Å². The molecule has 2 N–H and O–H groups in total. The summed E-state index contributed by atoms with van der Waals surface area (Å²) in [4.78, 5) is 11.3. The molecule has 0 atom stereocenters. The molecule has 0 aliphatic rings. The third kappa shape index (κ3) is 6.34. The first-order valence-electron chi connectivity index (χ1n) is 4.74. The van der Waals surface area contributed by atoms with Gasteiger partial charge in [0.05, 0.1) is 0 Å². The number of likely N-dealkylation sites (N-methyl/N-ethyl adjacent to an activating group) is 1. The highest BCUT2D eigenvalue weighted by Crippen LogP contribution is 1.91. The number of amides is 1. The predicted molar refractivity (Wildman–Crippen MR) is 55.5 cm³/mol. The average molecular weight is 184 g/mol. The first-order chi connectivity index (χ1) is 6.07. The van der Waals surface area contributed by atoms with Gasteiger partial charge in [-0.25, -0.2) is 0 Å². The highest BCUT2D eigenvalue weighted by molar-refractivity contribution is 5.93. The lowest BCUT2D eigenvalue weighted by Crippen LogP contribution is -2.32. The lowest BCUT2D eigenvalue weighted by atomic mass is 10.2. The molecule has 0 aliphatic heterocycles. The van der Waals surface area contributed by atoms with E-state index < -0.39 is 0 Å². The SMILES string of the molecule is C=C(CNCC)C(=O)NCC(C)C. The summed E-state index contributed by atoms with van der Waals surface area (Å²) in [6, 6.07) is 0. The molecule has 13 heavy (non-hydrogen) atoms. The molecular weight excluding hydrogens is 164 g/mol. The van der Waals surface area contributed by atoms with Crippen LogP contribution in [0.25, 0.3) is 0 Å². The van der Waals surface area contributed by atoms with Crippen LogP contribution in [0.3, 0.4) is 0 Å². The Morgan fingerprint density at radius 2 is 2.08 bits per heavy atom. The second-order valence-corrected chi connectivity index (χ2v) is 3.49. The van der Waals surface area contributed by atoms with Crippen LogP contribution in [0.1, 0.15) is 20.8 Å². The standard InChI is InChI=1S/C10H20N2O/c1-5-11-7-9(4)10(13)12-6-8(2)3/h8,11H,4-7H2,1-3H3,(H,12,13). The molecule has 0 radical (unpaired) electrons. The van der Waals surface area contributed by atoms with Crippen molar-refractivity contribution in [2.75, 3.05) is 19.6 Å². The first kappa shape index (κ1) is 12.2. The number of carbonyl (C=O) groups excluding carboxylic acids is 1. The Balaban J connectivity index is 3.64. The van der Waals surface area contributed by atoms with Gasteiger partial charge in [-0.05, 0) is 12.5 Å². The molecule has 1 amide bonds. The predicted octanol–water partition coefficient (Wildman–Crippen LogP) is 0.924. The van der Waals surface area contributed by atoms with Crippen molar-refractivity contribution in [3.8, 4) is 0 Å². The molecule has 0 spiro atoms. The fraction of sp³-hybridized carbons (Fsp3) is 0.700. The molecule has 0 unspecified atom stereocenters. The molecule has 0 aliphatic carbocycles. The van der Waals surface area contributed by atoms with Crippen LogP contribution >= 0.6 is 0 Å². The van der Waals surface area contributed by atoms with Crippen molar-refractivity contribution in [2.45, 2.75) is 20.8 Å². The highest BCUT2D eigenvalue weighted by atomic mass is 16.1. The van der Waals surface area contributed by atoms with Gasteiger partial charge in [-0.1, -0.05) is 27.4 Å². The molecule has 3 heteroatoms. The Morgan fingerprint density at radius 3 is 2.54 bits per heavy atom. The summed E-state index contributed by atoms with van der Waals surface area (Å²) in [5.74, 6) is 0.436. The molecule has 0 fully saturated rings. The topological polar surface area (TPSA) is 41.1 Å². The van der Waals surface area contributed by atoms with Crippen molar-refractivity contribution in [1.29, 1.82) is 0 Å². The second kappa shape index (κ2) is 6.66. The average Bonchev–Trinajstić information content (AvgIpc) is 2.10. The van der Waals surface area contributed by atoms with E-state index in [0.717, 1.165) is 6.54 Å². The monoisotopic (exact) mass is 184 g/mol. The number of nitrogens with one attached hydrogen (secondary N) is 2. The zero-order chi connectivity index (χ0) is 10.3. The number of rotatable bonds is 6. The summed E-state index contributed by atoms with van der Waals surface area (Å²) in [6.45, 7) is 12.0. The van der Waals surface area contributed by atoms with Crippen molar-refractivity contribution in [3.63, 3.8) is 0 Å². The van der Waals surface area contributed by atoms with Gasteiger partial charge in [0.25, 0.3) is 0 Å². The summed E-state index contributed by atoms with van der Waals surface area (Å²) < 4.78 is 0. The normalized spacial score (nSPS) is 10.2. The van der Waals surface area contributed by atoms with Gasteiger partial charge in [0.15, 0.2) is 0 Å². The second-order valence-electron chi connectivity index (χ2n) is 3.49. The van der Waals surface area contributed by atoms with Crippen molar-refractivity contribution in [2.24, 2.45) is 5.92 Å². The molecule has 0 saturated carbocycles. The molecule has 76 valence electrons. The van der Waals surface area contributed by atoms with Crippen LogP contribution in [0.2, 0.25) is 0 Å². The smallest absolute Gasteiger partial charge is 0.247 e. The van der Waals surface area contributed by atoms with E-state index in [-0.39, 0.29) is 5.91 Å². The van der Waals surface area contributed by atoms with Crippen LogP contribution in [0.5, 0.6) is 0 Å². The van der Waals surface area contributed by atoms with Gasteiger partial charge in [0.2, 0.25) is 5.91 Å². The van der Waals surface area contributed by atoms with Crippen molar-refractivity contribution in [1.82, 2.24) is 10.6 Å². The van der Waals surface area contributed by atoms with E-state index in [1.54, 1.807) is 0 Å². The Labute approximate surface area is 80.6 Å². The highest BCUT2D eigenvalue weighted by Gasteiger charge is 2.05. The molecule has 0 aromatic heterocycles. The number of carbonyl (C=O) groups is 1. The maximum Gasteiger partial charge on any atom is 0.247 e. The Morgan fingerprint density at radius 1 is 1.46 bits per heavy atom. The summed E-state index contributed by atoms with van der Waals surface area (Å²) in [5.41, 5.74) is 0.600. The van der Waals surface area contributed by atoms with Crippen LogP contribution in [-0.4, -0.2) is 25.5 Å². The molecule has 0 aromatic rings. The minimum absolute atomic E-state index is 0.0466. The molecular formula is C10H20N2O. The van der Waals surface area contributed by atoms with Gasteiger partial charge in [-0.15, -0.1) is 0 Å². The van der Waals surface area contributed by atoms with Crippen LogP contribution in [0.15, 0.2) is 12.2 Å². The van der Waals surface area contributed by atoms with E-state index >= 15 is 0 Å². The quantitative estimate of drug-likeness (QED) is 0.603. The lowest BCUT2D eigenvalue weighted by Gasteiger charge is -2.09. The van der Waals surface area contributed by atoms with Crippen LogP contribution in [-0.2, 0) is 4.79 Å². The largest absolute Gasteiger partial charge is 0.352 e. The summed E-state index contributed by atoms with van der Waals surface area (Å²) in [7, 11) is 0. The van der Waals surface area contributed by atoms with Crippen LogP contribution in [0.4, 0.5) is 0 Å². The van der Waals surface area contributed by atoms with E-state index in [1.807, 2.05) is 6.92 Å². The minimum Gasteiger partial charge on any atom is -0.352 e. The van der Waals surface area contributed by atoms with E-state index in [2.05, 4.69) is 31.1 Å². The fourth-order valence-electron chi connectivity index (χ4n) is 0.778. The van der Waals surface area contributed by atoms with Gasteiger partial charge in [0.1, 0.15) is 0 Å².